The van der Waals surface area contributed by atoms with E-state index in [0.717, 1.165) is 11.1 Å². The standard InChI is InChI=1S/C13H9Cl2NO/c14-9-3-4-10(11(15)6-9)13-12(17-13)8-2-1-5-16-7-8/h1-7,12-13H. The van der Waals surface area contributed by atoms with Gasteiger partial charge in [-0.15, -0.1) is 0 Å². The van der Waals surface area contributed by atoms with Gasteiger partial charge in [0.15, 0.2) is 0 Å². The highest BCUT2D eigenvalue weighted by Gasteiger charge is 2.42. The first kappa shape index (κ1) is 11.0. The number of benzene rings is 1. The van der Waals surface area contributed by atoms with Crippen molar-refractivity contribution in [2.24, 2.45) is 0 Å². The van der Waals surface area contributed by atoms with Crippen molar-refractivity contribution in [1.82, 2.24) is 4.98 Å². The van der Waals surface area contributed by atoms with Crippen LogP contribution in [-0.2, 0) is 4.74 Å². The summed E-state index contributed by atoms with van der Waals surface area (Å²) in [6, 6.07) is 9.37. The van der Waals surface area contributed by atoms with Crippen molar-refractivity contribution in [3.05, 3.63) is 63.9 Å². The molecule has 2 nitrogen and oxygen atoms in total. The van der Waals surface area contributed by atoms with E-state index in [0.29, 0.717) is 10.0 Å². The fourth-order valence-electron chi connectivity index (χ4n) is 1.88. The van der Waals surface area contributed by atoms with E-state index in [9.17, 15) is 0 Å². The molecular weight excluding hydrogens is 257 g/mol. The van der Waals surface area contributed by atoms with E-state index in [1.807, 2.05) is 30.5 Å². The smallest absolute Gasteiger partial charge is 0.115 e. The molecular formula is C13H9Cl2NO. The number of halogens is 2. The topological polar surface area (TPSA) is 25.4 Å². The molecule has 2 aromatic rings. The second-order valence-electron chi connectivity index (χ2n) is 3.93. The average Bonchev–Trinajstić information content (AvgIpc) is 3.10. The Balaban J connectivity index is 1.85. The van der Waals surface area contributed by atoms with E-state index in [2.05, 4.69) is 4.98 Å². The number of nitrogens with zero attached hydrogens (tertiary/aromatic N) is 1. The Hall–Kier alpha value is -1.09. The SMILES string of the molecule is Clc1ccc(C2OC2c2cccnc2)c(Cl)c1. The van der Waals surface area contributed by atoms with E-state index in [1.54, 1.807) is 12.3 Å². The van der Waals surface area contributed by atoms with Gasteiger partial charge in [0.05, 0.1) is 0 Å². The Labute approximate surface area is 109 Å². The summed E-state index contributed by atoms with van der Waals surface area (Å²) in [5.74, 6) is 0. The molecule has 2 atom stereocenters. The highest BCUT2D eigenvalue weighted by Crippen LogP contribution is 2.52. The summed E-state index contributed by atoms with van der Waals surface area (Å²) < 4.78 is 5.64. The summed E-state index contributed by atoms with van der Waals surface area (Å²) in [6.45, 7) is 0. The maximum atomic E-state index is 6.14. The van der Waals surface area contributed by atoms with Gasteiger partial charge in [-0.1, -0.05) is 35.3 Å². The Morgan fingerprint density at radius 3 is 2.71 bits per heavy atom. The van der Waals surface area contributed by atoms with Gasteiger partial charge in [-0.05, 0) is 18.2 Å². The van der Waals surface area contributed by atoms with Crippen LogP contribution in [0.4, 0.5) is 0 Å². The molecule has 1 saturated heterocycles. The zero-order chi connectivity index (χ0) is 11.8. The minimum atomic E-state index is 0.0176. The molecule has 0 amide bonds. The third-order valence-corrected chi connectivity index (χ3v) is 3.34. The van der Waals surface area contributed by atoms with Gasteiger partial charge in [0.1, 0.15) is 12.2 Å². The van der Waals surface area contributed by atoms with Gasteiger partial charge in [0.2, 0.25) is 0 Å². The predicted molar refractivity (Wildman–Crippen MR) is 67.3 cm³/mol. The summed E-state index contributed by atoms with van der Waals surface area (Å²) in [6.07, 6.45) is 3.64. The van der Waals surface area contributed by atoms with Gasteiger partial charge in [0, 0.05) is 33.6 Å². The van der Waals surface area contributed by atoms with Crippen molar-refractivity contribution < 1.29 is 4.74 Å². The Bertz CT molecular complexity index is 544. The molecule has 86 valence electrons. The molecule has 0 saturated carbocycles. The summed E-state index contributed by atoms with van der Waals surface area (Å²) >= 11 is 12.0. The van der Waals surface area contributed by atoms with Crippen molar-refractivity contribution in [3.8, 4) is 0 Å². The Kier molecular flexibility index (Phi) is 2.79. The molecule has 0 aliphatic carbocycles. The van der Waals surface area contributed by atoms with Gasteiger partial charge in [0.25, 0.3) is 0 Å². The normalized spacial score (nSPS) is 22.5. The molecule has 1 aliphatic rings. The van der Waals surface area contributed by atoms with E-state index >= 15 is 0 Å². The van der Waals surface area contributed by atoms with Gasteiger partial charge < -0.3 is 4.74 Å². The largest absolute Gasteiger partial charge is 0.359 e. The monoisotopic (exact) mass is 265 g/mol. The van der Waals surface area contributed by atoms with Crippen molar-refractivity contribution in [1.29, 1.82) is 0 Å². The van der Waals surface area contributed by atoms with Crippen molar-refractivity contribution in [2.75, 3.05) is 0 Å². The van der Waals surface area contributed by atoms with Crippen LogP contribution < -0.4 is 0 Å². The quantitative estimate of drug-likeness (QED) is 0.761. The summed E-state index contributed by atoms with van der Waals surface area (Å²) in [7, 11) is 0. The molecule has 0 spiro atoms. The Morgan fingerprint density at radius 2 is 2.00 bits per heavy atom. The first-order valence-corrected chi connectivity index (χ1v) is 6.01. The van der Waals surface area contributed by atoms with E-state index < -0.39 is 0 Å². The van der Waals surface area contributed by atoms with Crippen LogP contribution in [0.15, 0.2) is 42.7 Å². The number of rotatable bonds is 2. The molecule has 4 heteroatoms. The molecule has 2 unspecified atom stereocenters. The van der Waals surface area contributed by atoms with Crippen LogP contribution in [0.1, 0.15) is 23.3 Å². The van der Waals surface area contributed by atoms with Crippen LogP contribution in [0.3, 0.4) is 0 Å². The zero-order valence-corrected chi connectivity index (χ0v) is 10.3. The van der Waals surface area contributed by atoms with Crippen LogP contribution in [0.25, 0.3) is 0 Å². The fourth-order valence-corrected chi connectivity index (χ4v) is 2.39. The van der Waals surface area contributed by atoms with Crippen LogP contribution in [0, 0.1) is 0 Å². The third kappa shape index (κ3) is 2.16. The molecule has 0 N–H and O–H groups in total. The number of pyridine rings is 1. The van der Waals surface area contributed by atoms with E-state index in [1.165, 1.54) is 0 Å². The van der Waals surface area contributed by atoms with Gasteiger partial charge in [-0.25, -0.2) is 0 Å². The molecule has 0 radical (unpaired) electrons. The zero-order valence-electron chi connectivity index (χ0n) is 8.81. The highest BCUT2D eigenvalue weighted by molar-refractivity contribution is 6.35. The molecule has 3 rings (SSSR count). The highest BCUT2D eigenvalue weighted by atomic mass is 35.5. The van der Waals surface area contributed by atoms with Crippen LogP contribution in [0.5, 0.6) is 0 Å². The van der Waals surface area contributed by atoms with Crippen LogP contribution >= 0.6 is 23.2 Å². The lowest BCUT2D eigenvalue weighted by atomic mass is 10.1. The van der Waals surface area contributed by atoms with Crippen molar-refractivity contribution >= 4 is 23.2 Å². The fraction of sp³-hybridized carbons (Fsp3) is 0.154. The summed E-state index contributed by atoms with van der Waals surface area (Å²) in [4.78, 5) is 4.08. The second kappa shape index (κ2) is 4.30. The molecule has 17 heavy (non-hydrogen) atoms. The number of ether oxygens (including phenoxy) is 1. The summed E-state index contributed by atoms with van der Waals surface area (Å²) in [5.41, 5.74) is 2.05. The lowest BCUT2D eigenvalue weighted by Gasteiger charge is -2.00. The first-order valence-electron chi connectivity index (χ1n) is 5.26. The minimum Gasteiger partial charge on any atom is -0.359 e. The van der Waals surface area contributed by atoms with Gasteiger partial charge in [-0.2, -0.15) is 0 Å². The molecule has 1 aromatic heterocycles. The van der Waals surface area contributed by atoms with E-state index in [4.69, 9.17) is 27.9 Å². The minimum absolute atomic E-state index is 0.0176. The lowest BCUT2D eigenvalue weighted by molar-refractivity contribution is 0.377. The first-order chi connectivity index (χ1) is 8.25. The number of aromatic nitrogens is 1. The number of epoxide rings is 1. The average molecular weight is 266 g/mol. The molecule has 1 aromatic carbocycles. The molecule has 1 aliphatic heterocycles. The van der Waals surface area contributed by atoms with Crippen molar-refractivity contribution in [3.63, 3.8) is 0 Å². The van der Waals surface area contributed by atoms with Crippen LogP contribution in [-0.4, -0.2) is 4.98 Å². The maximum Gasteiger partial charge on any atom is 0.115 e. The van der Waals surface area contributed by atoms with Crippen molar-refractivity contribution in [2.45, 2.75) is 12.2 Å². The number of hydrogen-bond acceptors (Lipinski definition) is 2. The van der Waals surface area contributed by atoms with Gasteiger partial charge in [-0.3, -0.25) is 4.98 Å². The predicted octanol–water partition coefficient (Wildman–Crippen LogP) is 4.20. The van der Waals surface area contributed by atoms with Crippen LogP contribution in [0.2, 0.25) is 10.0 Å². The third-order valence-electron chi connectivity index (χ3n) is 2.77. The second-order valence-corrected chi connectivity index (χ2v) is 4.77. The lowest BCUT2D eigenvalue weighted by Crippen LogP contribution is -1.86. The number of hydrogen-bond donors (Lipinski definition) is 0. The van der Waals surface area contributed by atoms with Gasteiger partial charge >= 0.3 is 0 Å². The maximum absolute atomic E-state index is 6.14. The molecule has 1 fully saturated rings. The van der Waals surface area contributed by atoms with E-state index in [-0.39, 0.29) is 12.2 Å². The Morgan fingerprint density at radius 1 is 1.12 bits per heavy atom. The molecule has 2 heterocycles. The molecule has 0 bridgehead atoms. The summed E-state index contributed by atoms with van der Waals surface area (Å²) in [5, 5.41) is 1.28.